The maximum absolute atomic E-state index is 13.2. The fourth-order valence-corrected chi connectivity index (χ4v) is 3.85. The van der Waals surface area contributed by atoms with Gasteiger partial charge in [0.15, 0.2) is 5.82 Å². The number of nitrogens with one attached hydrogen (secondary N) is 2. The maximum Gasteiger partial charge on any atom is 0.242 e. The molecule has 1 atom stereocenters. The van der Waals surface area contributed by atoms with E-state index in [1.165, 1.54) is 11.8 Å². The first-order chi connectivity index (χ1) is 14.7. The Hall–Kier alpha value is -3.58. The first kappa shape index (κ1) is 19.7. The number of anilines is 1. The van der Waals surface area contributed by atoms with Crippen molar-refractivity contribution in [3.05, 3.63) is 90.5 Å². The SMILES string of the molecule is COc1cccc(NC(=O)[C@@H](Sc2n[nH]c(-c3ccccc3)n2)c2ccccc2)c1. The summed E-state index contributed by atoms with van der Waals surface area (Å²) in [7, 11) is 1.59. The Morgan fingerprint density at radius 3 is 2.47 bits per heavy atom. The Morgan fingerprint density at radius 2 is 1.73 bits per heavy atom. The fraction of sp³-hybridized carbons (Fsp3) is 0.0870. The summed E-state index contributed by atoms with van der Waals surface area (Å²) in [4.78, 5) is 17.7. The minimum atomic E-state index is -0.517. The Balaban J connectivity index is 1.57. The summed E-state index contributed by atoms with van der Waals surface area (Å²) in [5.41, 5.74) is 2.48. The molecule has 1 aromatic heterocycles. The lowest BCUT2D eigenvalue weighted by Crippen LogP contribution is -2.19. The predicted octanol–water partition coefficient (Wildman–Crippen LogP) is 4.95. The highest BCUT2D eigenvalue weighted by Gasteiger charge is 2.24. The van der Waals surface area contributed by atoms with Crippen LogP contribution in [0.2, 0.25) is 0 Å². The molecule has 0 saturated heterocycles. The largest absolute Gasteiger partial charge is 0.497 e. The summed E-state index contributed by atoms with van der Waals surface area (Å²) in [5, 5.41) is 10.2. The van der Waals surface area contributed by atoms with Gasteiger partial charge in [-0.25, -0.2) is 4.98 Å². The number of rotatable bonds is 7. The lowest BCUT2D eigenvalue weighted by atomic mass is 10.1. The van der Waals surface area contributed by atoms with Gasteiger partial charge in [0.1, 0.15) is 11.0 Å². The van der Waals surface area contributed by atoms with Crippen LogP contribution in [0.1, 0.15) is 10.8 Å². The van der Waals surface area contributed by atoms with Crippen LogP contribution in [0.4, 0.5) is 5.69 Å². The number of thioether (sulfide) groups is 1. The molecule has 1 heterocycles. The maximum atomic E-state index is 13.2. The number of nitrogens with zero attached hydrogens (tertiary/aromatic N) is 2. The van der Waals surface area contributed by atoms with Gasteiger partial charge in [0.05, 0.1) is 7.11 Å². The van der Waals surface area contributed by atoms with Gasteiger partial charge in [0, 0.05) is 17.3 Å². The molecule has 7 heteroatoms. The second kappa shape index (κ2) is 9.28. The highest BCUT2D eigenvalue weighted by Crippen LogP contribution is 2.35. The van der Waals surface area contributed by atoms with Gasteiger partial charge in [-0.05, 0) is 17.7 Å². The topological polar surface area (TPSA) is 79.9 Å². The predicted molar refractivity (Wildman–Crippen MR) is 118 cm³/mol. The summed E-state index contributed by atoms with van der Waals surface area (Å²) >= 11 is 1.30. The molecule has 6 nitrogen and oxygen atoms in total. The molecule has 0 unspecified atom stereocenters. The fourth-order valence-electron chi connectivity index (χ4n) is 2.94. The van der Waals surface area contributed by atoms with E-state index in [2.05, 4.69) is 20.5 Å². The van der Waals surface area contributed by atoms with Gasteiger partial charge >= 0.3 is 0 Å². The van der Waals surface area contributed by atoms with Crippen LogP contribution in [0.3, 0.4) is 0 Å². The number of aromatic nitrogens is 3. The minimum absolute atomic E-state index is 0.162. The molecule has 0 aliphatic heterocycles. The number of ether oxygens (including phenoxy) is 1. The van der Waals surface area contributed by atoms with Crippen LogP contribution in [0.5, 0.6) is 5.75 Å². The third kappa shape index (κ3) is 4.69. The Kier molecular flexibility index (Phi) is 6.10. The molecular formula is C23H20N4O2S. The quantitative estimate of drug-likeness (QED) is 0.417. The molecule has 0 bridgehead atoms. The van der Waals surface area contributed by atoms with Crippen molar-refractivity contribution in [2.75, 3.05) is 12.4 Å². The van der Waals surface area contributed by atoms with Crippen molar-refractivity contribution < 1.29 is 9.53 Å². The molecule has 0 fully saturated rings. The van der Waals surface area contributed by atoms with E-state index in [0.29, 0.717) is 22.4 Å². The van der Waals surface area contributed by atoms with Crippen molar-refractivity contribution >= 4 is 23.4 Å². The van der Waals surface area contributed by atoms with E-state index >= 15 is 0 Å². The Morgan fingerprint density at radius 1 is 1.00 bits per heavy atom. The van der Waals surface area contributed by atoms with E-state index in [1.807, 2.05) is 78.9 Å². The van der Waals surface area contributed by atoms with E-state index < -0.39 is 5.25 Å². The Labute approximate surface area is 178 Å². The van der Waals surface area contributed by atoms with Crippen LogP contribution in [-0.4, -0.2) is 28.2 Å². The van der Waals surface area contributed by atoms with E-state index in [0.717, 1.165) is 11.1 Å². The summed E-state index contributed by atoms with van der Waals surface area (Å²) in [6.07, 6.45) is 0. The van der Waals surface area contributed by atoms with Gasteiger partial charge in [0.2, 0.25) is 11.1 Å². The van der Waals surface area contributed by atoms with Crippen molar-refractivity contribution in [1.82, 2.24) is 15.2 Å². The molecule has 2 N–H and O–H groups in total. The number of methoxy groups -OCH3 is 1. The molecule has 1 amide bonds. The third-order valence-corrected chi connectivity index (χ3v) is 5.53. The molecular weight excluding hydrogens is 396 g/mol. The number of amides is 1. The van der Waals surface area contributed by atoms with E-state index in [1.54, 1.807) is 13.2 Å². The van der Waals surface area contributed by atoms with Gasteiger partial charge < -0.3 is 10.1 Å². The zero-order valence-electron chi connectivity index (χ0n) is 16.3. The van der Waals surface area contributed by atoms with E-state index in [4.69, 9.17) is 4.74 Å². The smallest absolute Gasteiger partial charge is 0.242 e. The first-order valence-corrected chi connectivity index (χ1v) is 10.3. The molecule has 3 aromatic carbocycles. The normalized spacial score (nSPS) is 11.6. The van der Waals surface area contributed by atoms with Crippen molar-refractivity contribution in [3.63, 3.8) is 0 Å². The highest BCUT2D eigenvalue weighted by molar-refractivity contribution is 8.00. The molecule has 0 aliphatic carbocycles. The van der Waals surface area contributed by atoms with Gasteiger partial charge in [-0.2, -0.15) is 0 Å². The monoisotopic (exact) mass is 416 g/mol. The summed E-state index contributed by atoms with van der Waals surface area (Å²) in [6.45, 7) is 0. The average Bonchev–Trinajstić information content (AvgIpc) is 3.27. The minimum Gasteiger partial charge on any atom is -0.497 e. The summed E-state index contributed by atoms with van der Waals surface area (Å²) in [5.74, 6) is 1.18. The molecule has 4 rings (SSSR count). The number of hydrogen-bond acceptors (Lipinski definition) is 5. The van der Waals surface area contributed by atoms with Crippen molar-refractivity contribution in [3.8, 4) is 17.1 Å². The molecule has 0 aliphatic rings. The van der Waals surface area contributed by atoms with Crippen molar-refractivity contribution in [1.29, 1.82) is 0 Å². The summed E-state index contributed by atoms with van der Waals surface area (Å²) < 4.78 is 5.24. The zero-order chi connectivity index (χ0) is 20.8. The highest BCUT2D eigenvalue weighted by atomic mass is 32.2. The van der Waals surface area contributed by atoms with E-state index in [9.17, 15) is 4.79 Å². The lowest BCUT2D eigenvalue weighted by Gasteiger charge is -2.16. The zero-order valence-corrected chi connectivity index (χ0v) is 17.1. The number of hydrogen-bond donors (Lipinski definition) is 2. The third-order valence-electron chi connectivity index (χ3n) is 4.41. The van der Waals surface area contributed by atoms with Gasteiger partial charge in [-0.1, -0.05) is 78.5 Å². The first-order valence-electron chi connectivity index (χ1n) is 9.37. The van der Waals surface area contributed by atoms with Crippen LogP contribution in [0, 0.1) is 0 Å². The van der Waals surface area contributed by atoms with Crippen molar-refractivity contribution in [2.45, 2.75) is 10.4 Å². The number of benzene rings is 3. The van der Waals surface area contributed by atoms with Crippen LogP contribution in [0.25, 0.3) is 11.4 Å². The second-order valence-corrected chi connectivity index (χ2v) is 7.53. The number of carbonyl (C=O) groups is 1. The molecule has 4 aromatic rings. The van der Waals surface area contributed by atoms with Crippen LogP contribution >= 0.6 is 11.8 Å². The van der Waals surface area contributed by atoms with Crippen LogP contribution in [0.15, 0.2) is 90.1 Å². The molecule has 0 spiro atoms. The number of aromatic amines is 1. The second-order valence-electron chi connectivity index (χ2n) is 6.46. The van der Waals surface area contributed by atoms with Crippen LogP contribution < -0.4 is 10.1 Å². The van der Waals surface area contributed by atoms with Gasteiger partial charge in [-0.3, -0.25) is 9.89 Å². The van der Waals surface area contributed by atoms with Gasteiger partial charge in [-0.15, -0.1) is 5.10 Å². The average molecular weight is 417 g/mol. The lowest BCUT2D eigenvalue weighted by molar-refractivity contribution is -0.115. The molecule has 0 radical (unpaired) electrons. The standard InChI is InChI=1S/C23H20N4O2S/c1-29-19-14-8-13-18(15-19)24-22(28)20(16-9-4-2-5-10-16)30-23-25-21(26-27-23)17-11-6-3-7-12-17/h2-15,20H,1H3,(H,24,28)(H,25,26,27)/t20-/m0/s1. The molecule has 150 valence electrons. The number of carbonyl (C=O) groups excluding carboxylic acids is 1. The van der Waals surface area contributed by atoms with Crippen LogP contribution in [-0.2, 0) is 4.79 Å². The number of H-pyrrole nitrogens is 1. The van der Waals surface area contributed by atoms with E-state index in [-0.39, 0.29) is 5.91 Å². The van der Waals surface area contributed by atoms with Crippen molar-refractivity contribution in [2.24, 2.45) is 0 Å². The van der Waals surface area contributed by atoms with Gasteiger partial charge in [0.25, 0.3) is 0 Å². The molecule has 0 saturated carbocycles. The Bertz CT molecular complexity index is 1120. The molecule has 30 heavy (non-hydrogen) atoms. The summed E-state index contributed by atoms with van der Waals surface area (Å²) in [6, 6.07) is 26.6.